The summed E-state index contributed by atoms with van der Waals surface area (Å²) in [6.45, 7) is 0. The summed E-state index contributed by atoms with van der Waals surface area (Å²) in [6.07, 6.45) is -6.26. The van der Waals surface area contributed by atoms with E-state index in [1.807, 2.05) is 6.07 Å². The van der Waals surface area contributed by atoms with Crippen molar-refractivity contribution in [1.82, 2.24) is 4.57 Å². The molecule has 1 heterocycles. The minimum Gasteiger partial charge on any atom is -0.306 e. The Morgan fingerprint density at radius 1 is 1.19 bits per heavy atom. The SMILES string of the molecule is N#Cc1c(SC(Cl)C(F)F)cn(-c2c(Cl)cc(C(F)(F)F)cc2Cl)c1Br. The Bertz CT molecular complexity index is 856. The van der Waals surface area contributed by atoms with Gasteiger partial charge in [-0.05, 0) is 28.1 Å². The van der Waals surface area contributed by atoms with E-state index in [-0.39, 0.29) is 30.8 Å². The number of alkyl halides is 6. The lowest BCUT2D eigenvalue weighted by molar-refractivity contribution is -0.137. The first-order valence-corrected chi connectivity index (χ1v) is 9.30. The van der Waals surface area contributed by atoms with Gasteiger partial charge in [0.05, 0.1) is 26.9 Å². The Balaban J connectivity index is 2.60. The molecule has 26 heavy (non-hydrogen) atoms. The molecule has 0 aliphatic heterocycles. The third-order valence-electron chi connectivity index (χ3n) is 3.05. The summed E-state index contributed by atoms with van der Waals surface area (Å²) in [4.78, 5) is 0.0895. The van der Waals surface area contributed by atoms with Crippen molar-refractivity contribution in [3.63, 3.8) is 0 Å². The van der Waals surface area contributed by atoms with Gasteiger partial charge in [-0.15, -0.1) is 11.6 Å². The van der Waals surface area contributed by atoms with Crippen LogP contribution in [0.3, 0.4) is 0 Å². The van der Waals surface area contributed by atoms with Crippen molar-refractivity contribution in [3.8, 4) is 11.8 Å². The van der Waals surface area contributed by atoms with Crippen molar-refractivity contribution in [3.05, 3.63) is 44.1 Å². The molecular weight excluding hydrogens is 509 g/mol. The summed E-state index contributed by atoms with van der Waals surface area (Å²) >= 11 is 21.1. The molecule has 12 heteroatoms. The van der Waals surface area contributed by atoms with Crippen molar-refractivity contribution in [1.29, 1.82) is 5.26 Å². The highest BCUT2D eigenvalue weighted by Gasteiger charge is 2.33. The van der Waals surface area contributed by atoms with Crippen molar-refractivity contribution in [2.24, 2.45) is 0 Å². The fraction of sp³-hybridized carbons (Fsp3) is 0.214. The van der Waals surface area contributed by atoms with E-state index in [9.17, 15) is 27.2 Å². The van der Waals surface area contributed by atoms with Crippen LogP contribution >= 0.6 is 62.5 Å². The molecule has 1 unspecified atom stereocenters. The van der Waals surface area contributed by atoms with Gasteiger partial charge in [-0.3, -0.25) is 0 Å². The maximum absolute atomic E-state index is 12.8. The van der Waals surface area contributed by atoms with Gasteiger partial charge in [-0.2, -0.15) is 18.4 Å². The summed E-state index contributed by atoms with van der Waals surface area (Å²) < 4.78 is 63.5. The summed E-state index contributed by atoms with van der Waals surface area (Å²) in [5, 5.41) is 8.58. The van der Waals surface area contributed by atoms with Crippen LogP contribution in [0.5, 0.6) is 0 Å². The molecule has 2 aromatic rings. The second kappa shape index (κ2) is 8.15. The standard InChI is InChI=1S/C14H5BrCl3F5N2S/c15-11-6(3-24)9(26-12(18)13(19)20)4-25(11)10-7(16)1-5(2-8(10)17)14(21,22)23/h1-2,4,12-13H. The third-order valence-corrected chi connectivity index (χ3v) is 5.85. The van der Waals surface area contributed by atoms with Crippen LogP contribution in [-0.4, -0.2) is 15.7 Å². The lowest BCUT2D eigenvalue weighted by atomic mass is 10.2. The van der Waals surface area contributed by atoms with Gasteiger partial charge in [-0.1, -0.05) is 35.0 Å². The van der Waals surface area contributed by atoms with Gasteiger partial charge in [0.25, 0.3) is 6.43 Å². The molecule has 1 aromatic heterocycles. The predicted octanol–water partition coefficient (Wildman–Crippen LogP) is 7.36. The zero-order chi connectivity index (χ0) is 19.8. The van der Waals surface area contributed by atoms with Gasteiger partial charge < -0.3 is 4.57 Å². The van der Waals surface area contributed by atoms with Crippen LogP contribution < -0.4 is 0 Å². The molecule has 1 atom stereocenters. The molecule has 2 rings (SSSR count). The van der Waals surface area contributed by atoms with E-state index in [1.165, 1.54) is 10.8 Å². The molecule has 140 valence electrons. The summed E-state index contributed by atoms with van der Waals surface area (Å²) in [5.74, 6) is 0. The number of benzene rings is 1. The lowest BCUT2D eigenvalue weighted by Crippen LogP contribution is -2.06. The Morgan fingerprint density at radius 3 is 2.15 bits per heavy atom. The number of aromatic nitrogens is 1. The Kier molecular flexibility index (Phi) is 6.78. The minimum atomic E-state index is -4.65. The second-order valence-corrected chi connectivity index (χ2v) is 8.21. The number of nitrogens with zero attached hydrogens (tertiary/aromatic N) is 2. The quantitative estimate of drug-likeness (QED) is 0.242. The summed E-state index contributed by atoms with van der Waals surface area (Å²) in [5.41, 5.74) is -1.12. The summed E-state index contributed by atoms with van der Waals surface area (Å²) in [7, 11) is 0. The van der Waals surface area contributed by atoms with E-state index in [0.29, 0.717) is 23.9 Å². The number of thioether (sulfide) groups is 1. The zero-order valence-corrected chi connectivity index (χ0v) is 16.8. The van der Waals surface area contributed by atoms with Gasteiger partial charge in [0.15, 0.2) is 0 Å². The molecule has 0 amide bonds. The highest BCUT2D eigenvalue weighted by Crippen LogP contribution is 2.42. The van der Waals surface area contributed by atoms with Gasteiger partial charge in [-0.25, -0.2) is 8.78 Å². The maximum atomic E-state index is 12.8. The molecule has 0 saturated carbocycles. The molecule has 0 spiro atoms. The third kappa shape index (κ3) is 4.42. The number of rotatable bonds is 4. The lowest BCUT2D eigenvalue weighted by Gasteiger charge is -2.14. The van der Waals surface area contributed by atoms with Gasteiger partial charge in [0, 0.05) is 11.1 Å². The molecular formula is C14H5BrCl3F5N2S. The van der Waals surface area contributed by atoms with E-state index in [0.717, 1.165) is 0 Å². The number of halogens is 9. The Morgan fingerprint density at radius 2 is 1.73 bits per heavy atom. The normalized spacial score (nSPS) is 13.1. The van der Waals surface area contributed by atoms with Crippen molar-refractivity contribution in [2.45, 2.75) is 22.2 Å². The Labute approximate surface area is 171 Å². The van der Waals surface area contributed by atoms with Crippen LogP contribution in [0.4, 0.5) is 22.0 Å². The summed E-state index contributed by atoms with van der Waals surface area (Å²) in [6, 6.07) is 3.17. The van der Waals surface area contributed by atoms with Crippen LogP contribution in [0, 0.1) is 11.3 Å². The molecule has 1 aromatic carbocycles. The predicted molar refractivity (Wildman–Crippen MR) is 94.7 cm³/mol. The first kappa shape index (κ1) is 21.6. The van der Waals surface area contributed by atoms with E-state index < -0.39 is 22.9 Å². The van der Waals surface area contributed by atoms with Gasteiger partial charge in [0.1, 0.15) is 15.4 Å². The fourth-order valence-electron chi connectivity index (χ4n) is 1.95. The maximum Gasteiger partial charge on any atom is 0.416 e. The number of nitriles is 1. The van der Waals surface area contributed by atoms with E-state index in [4.69, 9.17) is 34.8 Å². The van der Waals surface area contributed by atoms with Crippen LogP contribution in [-0.2, 0) is 6.18 Å². The van der Waals surface area contributed by atoms with Crippen molar-refractivity contribution >= 4 is 62.5 Å². The molecule has 0 N–H and O–H groups in total. The molecule has 0 bridgehead atoms. The molecule has 0 radical (unpaired) electrons. The average Bonchev–Trinajstić information content (AvgIpc) is 2.81. The van der Waals surface area contributed by atoms with E-state index in [2.05, 4.69) is 15.9 Å². The van der Waals surface area contributed by atoms with Crippen LogP contribution in [0.15, 0.2) is 27.8 Å². The topological polar surface area (TPSA) is 28.7 Å². The van der Waals surface area contributed by atoms with Crippen LogP contribution in [0.2, 0.25) is 10.0 Å². The minimum absolute atomic E-state index is 0.0340. The van der Waals surface area contributed by atoms with Crippen molar-refractivity contribution < 1.29 is 22.0 Å². The van der Waals surface area contributed by atoms with Gasteiger partial charge >= 0.3 is 6.18 Å². The molecule has 0 fully saturated rings. The largest absolute Gasteiger partial charge is 0.416 e. The molecule has 0 aliphatic rings. The first-order chi connectivity index (χ1) is 12.0. The van der Waals surface area contributed by atoms with Crippen LogP contribution in [0.25, 0.3) is 5.69 Å². The highest BCUT2D eigenvalue weighted by atomic mass is 79.9. The highest BCUT2D eigenvalue weighted by molar-refractivity contribution is 9.10. The monoisotopic (exact) mass is 512 g/mol. The fourth-order valence-corrected chi connectivity index (χ4v) is 4.39. The Hall–Kier alpha value is -0.660. The van der Waals surface area contributed by atoms with Gasteiger partial charge in [0.2, 0.25) is 0 Å². The zero-order valence-electron chi connectivity index (χ0n) is 12.1. The van der Waals surface area contributed by atoms with Crippen LogP contribution in [0.1, 0.15) is 11.1 Å². The number of hydrogen-bond donors (Lipinski definition) is 0. The van der Waals surface area contributed by atoms with Crippen molar-refractivity contribution in [2.75, 3.05) is 0 Å². The molecule has 0 saturated heterocycles. The average molecular weight is 515 g/mol. The molecule has 0 aliphatic carbocycles. The number of hydrogen-bond acceptors (Lipinski definition) is 2. The van der Waals surface area contributed by atoms with E-state index >= 15 is 0 Å². The smallest absolute Gasteiger partial charge is 0.306 e. The van der Waals surface area contributed by atoms with E-state index in [1.54, 1.807) is 0 Å². The molecule has 2 nitrogen and oxygen atoms in total. The first-order valence-electron chi connectivity index (χ1n) is 6.43. The second-order valence-electron chi connectivity index (χ2n) is 4.73.